The van der Waals surface area contributed by atoms with Gasteiger partial charge in [-0.15, -0.1) is 11.3 Å². The summed E-state index contributed by atoms with van der Waals surface area (Å²) in [6.07, 6.45) is 6.45. The number of esters is 1. The molecule has 0 atom stereocenters. The summed E-state index contributed by atoms with van der Waals surface area (Å²) in [6.45, 7) is 0.328. The normalized spacial score (nSPS) is 19.1. The zero-order valence-electron chi connectivity index (χ0n) is 21.1. The van der Waals surface area contributed by atoms with Gasteiger partial charge in [0.15, 0.2) is 11.5 Å². The number of aryl methyl sites for hydroxylation is 1. The Morgan fingerprint density at radius 3 is 2.33 bits per heavy atom. The van der Waals surface area contributed by atoms with Crippen LogP contribution in [0, 0.1) is 11.8 Å². The van der Waals surface area contributed by atoms with Crippen LogP contribution >= 0.6 is 11.3 Å². The first-order valence-corrected chi connectivity index (χ1v) is 13.3. The summed E-state index contributed by atoms with van der Waals surface area (Å²) in [4.78, 5) is 39.5. The highest BCUT2D eigenvalue weighted by Gasteiger charge is 2.32. The molecule has 0 radical (unpaired) electrons. The van der Waals surface area contributed by atoms with Gasteiger partial charge in [-0.25, -0.2) is 0 Å². The van der Waals surface area contributed by atoms with Gasteiger partial charge < -0.3 is 24.8 Å². The van der Waals surface area contributed by atoms with Crippen molar-refractivity contribution in [2.75, 3.05) is 26.6 Å². The summed E-state index contributed by atoms with van der Waals surface area (Å²) in [5.74, 6) is 0.462. The summed E-state index contributed by atoms with van der Waals surface area (Å²) < 4.78 is 15.5. The molecule has 2 aliphatic rings. The second kappa shape index (κ2) is 11.8. The molecule has 1 aromatic carbocycles. The number of amides is 2. The number of nitrogens with one attached hydrogen (secondary N) is 2. The third kappa shape index (κ3) is 5.67. The smallest absolute Gasteiger partial charge is 0.308 e. The number of methoxy groups -OCH3 is 3. The molecule has 2 aromatic rings. The third-order valence-electron chi connectivity index (χ3n) is 7.17. The van der Waals surface area contributed by atoms with E-state index in [1.807, 2.05) is 18.2 Å². The lowest BCUT2D eigenvalue weighted by molar-refractivity contribution is -0.147. The quantitative estimate of drug-likeness (QED) is 0.503. The molecule has 1 fully saturated rings. The predicted octanol–water partition coefficient (Wildman–Crippen LogP) is 4.49. The molecule has 0 unspecified atom stereocenters. The van der Waals surface area contributed by atoms with E-state index in [9.17, 15) is 14.4 Å². The van der Waals surface area contributed by atoms with Gasteiger partial charge in [0.2, 0.25) is 5.91 Å². The maximum Gasteiger partial charge on any atom is 0.308 e. The largest absolute Gasteiger partial charge is 0.493 e. The Hall–Kier alpha value is -3.07. The Morgan fingerprint density at radius 2 is 1.64 bits per heavy atom. The highest BCUT2D eigenvalue weighted by molar-refractivity contribution is 7.17. The van der Waals surface area contributed by atoms with Gasteiger partial charge in [-0.05, 0) is 74.6 Å². The van der Waals surface area contributed by atoms with Crippen molar-refractivity contribution in [3.8, 4) is 11.5 Å². The molecule has 0 saturated heterocycles. The standard InChI is InChI=1S/C27H34N2O6S/c1-33-20-13-8-16(14-21(20)34-2)15-28-25(31)23-19-6-4-5-7-22(19)36-26(23)29-24(30)17-9-11-18(12-10-17)27(32)35-3/h8,13-14,17-18H,4-7,9-12,15H2,1-3H3,(H,28,31)(H,29,30). The summed E-state index contributed by atoms with van der Waals surface area (Å²) in [5, 5.41) is 6.73. The Bertz CT molecular complexity index is 1120. The Balaban J connectivity index is 1.47. The third-order valence-corrected chi connectivity index (χ3v) is 8.38. The minimum Gasteiger partial charge on any atom is -0.493 e. The predicted molar refractivity (Wildman–Crippen MR) is 138 cm³/mol. The van der Waals surface area contributed by atoms with E-state index in [2.05, 4.69) is 10.6 Å². The van der Waals surface area contributed by atoms with E-state index < -0.39 is 0 Å². The summed E-state index contributed by atoms with van der Waals surface area (Å²) in [6, 6.07) is 5.54. The van der Waals surface area contributed by atoms with Gasteiger partial charge in [-0.1, -0.05) is 6.07 Å². The summed E-state index contributed by atoms with van der Waals surface area (Å²) in [7, 11) is 4.56. The van der Waals surface area contributed by atoms with Crippen molar-refractivity contribution in [1.29, 1.82) is 0 Å². The van der Waals surface area contributed by atoms with Crippen LogP contribution in [0.25, 0.3) is 0 Å². The van der Waals surface area contributed by atoms with Crippen LogP contribution in [0.4, 0.5) is 5.00 Å². The maximum atomic E-state index is 13.4. The number of thiophene rings is 1. The van der Waals surface area contributed by atoms with E-state index in [0.29, 0.717) is 54.3 Å². The second-order valence-corrected chi connectivity index (χ2v) is 10.5. The first kappa shape index (κ1) is 26.0. The van der Waals surface area contributed by atoms with Crippen LogP contribution < -0.4 is 20.1 Å². The first-order valence-electron chi connectivity index (χ1n) is 12.5. The van der Waals surface area contributed by atoms with Crippen LogP contribution in [0.1, 0.15) is 64.9 Å². The van der Waals surface area contributed by atoms with Crippen molar-refractivity contribution < 1.29 is 28.6 Å². The molecule has 0 aliphatic heterocycles. The number of carbonyl (C=O) groups is 3. The van der Waals surface area contributed by atoms with E-state index in [0.717, 1.165) is 36.8 Å². The van der Waals surface area contributed by atoms with Crippen molar-refractivity contribution in [2.24, 2.45) is 11.8 Å². The molecule has 1 saturated carbocycles. The van der Waals surface area contributed by atoms with Crippen LogP contribution in [0.2, 0.25) is 0 Å². The monoisotopic (exact) mass is 514 g/mol. The lowest BCUT2D eigenvalue weighted by Crippen LogP contribution is -2.31. The highest BCUT2D eigenvalue weighted by Crippen LogP contribution is 2.39. The number of hydrogen-bond donors (Lipinski definition) is 2. The molecule has 9 heteroatoms. The van der Waals surface area contributed by atoms with Crippen molar-refractivity contribution >= 4 is 34.1 Å². The van der Waals surface area contributed by atoms with Crippen LogP contribution in [0.15, 0.2) is 18.2 Å². The molecule has 1 aromatic heterocycles. The number of rotatable bonds is 8. The second-order valence-electron chi connectivity index (χ2n) is 9.35. The molecule has 8 nitrogen and oxygen atoms in total. The Morgan fingerprint density at radius 1 is 0.944 bits per heavy atom. The Labute approximate surface area is 215 Å². The minimum atomic E-state index is -0.201. The number of benzene rings is 1. The van der Waals surface area contributed by atoms with Crippen molar-refractivity contribution in [3.63, 3.8) is 0 Å². The van der Waals surface area contributed by atoms with Crippen LogP contribution in [-0.4, -0.2) is 39.1 Å². The molecule has 0 spiro atoms. The van der Waals surface area contributed by atoms with E-state index in [1.54, 1.807) is 14.2 Å². The lowest BCUT2D eigenvalue weighted by atomic mass is 9.81. The molecular weight excluding hydrogens is 480 g/mol. The van der Waals surface area contributed by atoms with E-state index >= 15 is 0 Å². The van der Waals surface area contributed by atoms with Crippen LogP contribution in [0.3, 0.4) is 0 Å². The van der Waals surface area contributed by atoms with E-state index in [4.69, 9.17) is 14.2 Å². The van der Waals surface area contributed by atoms with E-state index in [-0.39, 0.29) is 29.6 Å². The molecule has 2 N–H and O–H groups in total. The van der Waals surface area contributed by atoms with Gasteiger partial charge in [0.05, 0.1) is 32.8 Å². The van der Waals surface area contributed by atoms with Gasteiger partial charge in [0.25, 0.3) is 5.91 Å². The highest BCUT2D eigenvalue weighted by atomic mass is 32.1. The zero-order chi connectivity index (χ0) is 25.7. The van der Waals surface area contributed by atoms with Gasteiger partial charge >= 0.3 is 5.97 Å². The van der Waals surface area contributed by atoms with Crippen molar-refractivity contribution in [2.45, 2.75) is 57.9 Å². The number of hydrogen-bond acceptors (Lipinski definition) is 7. The van der Waals surface area contributed by atoms with Gasteiger partial charge in [0, 0.05) is 17.3 Å². The lowest BCUT2D eigenvalue weighted by Gasteiger charge is -2.26. The molecule has 4 rings (SSSR count). The van der Waals surface area contributed by atoms with Crippen LogP contribution in [0.5, 0.6) is 11.5 Å². The zero-order valence-corrected chi connectivity index (χ0v) is 21.9. The van der Waals surface area contributed by atoms with Gasteiger partial charge in [0.1, 0.15) is 5.00 Å². The fraction of sp³-hybridized carbons (Fsp3) is 0.519. The van der Waals surface area contributed by atoms with E-state index in [1.165, 1.54) is 23.3 Å². The van der Waals surface area contributed by atoms with Crippen molar-refractivity contribution in [3.05, 3.63) is 39.8 Å². The topological polar surface area (TPSA) is 103 Å². The average molecular weight is 515 g/mol. The summed E-state index contributed by atoms with van der Waals surface area (Å²) in [5.41, 5.74) is 2.53. The van der Waals surface area contributed by atoms with Crippen molar-refractivity contribution in [1.82, 2.24) is 5.32 Å². The minimum absolute atomic E-state index is 0.0779. The molecule has 2 amide bonds. The fourth-order valence-electron chi connectivity index (χ4n) is 5.13. The molecule has 194 valence electrons. The number of fused-ring (bicyclic) bond motifs is 1. The molecule has 1 heterocycles. The molecule has 0 bridgehead atoms. The first-order chi connectivity index (χ1) is 17.4. The number of carbonyl (C=O) groups excluding carboxylic acids is 3. The Kier molecular flexibility index (Phi) is 8.51. The molecular formula is C27H34N2O6S. The molecule has 2 aliphatic carbocycles. The van der Waals surface area contributed by atoms with Gasteiger partial charge in [-0.3, -0.25) is 14.4 Å². The number of ether oxygens (including phenoxy) is 3. The number of anilines is 1. The SMILES string of the molecule is COC(=O)C1CCC(C(=O)Nc2sc3c(c2C(=O)NCc2ccc(OC)c(OC)c2)CCCC3)CC1. The molecule has 36 heavy (non-hydrogen) atoms. The maximum absolute atomic E-state index is 13.4. The summed E-state index contributed by atoms with van der Waals surface area (Å²) >= 11 is 1.52. The average Bonchev–Trinajstić information content (AvgIpc) is 3.28. The van der Waals surface area contributed by atoms with Gasteiger partial charge in [-0.2, -0.15) is 0 Å². The fourth-order valence-corrected chi connectivity index (χ4v) is 6.42. The van der Waals surface area contributed by atoms with Crippen LogP contribution in [-0.2, 0) is 33.7 Å².